The molecule has 0 radical (unpaired) electrons. The predicted octanol–water partition coefficient (Wildman–Crippen LogP) is 4.26. The maximum atomic E-state index is 5.30. The molecule has 1 aliphatic rings. The van der Waals surface area contributed by atoms with Crippen LogP contribution in [0.1, 0.15) is 31.7 Å². The third-order valence-electron chi connectivity index (χ3n) is 3.74. The molecule has 0 spiro atoms. The smallest absolute Gasteiger partial charge is 0.133 e. The number of halogens is 1. The van der Waals surface area contributed by atoms with E-state index in [-0.39, 0.29) is 0 Å². The van der Waals surface area contributed by atoms with Crippen molar-refractivity contribution in [3.63, 3.8) is 0 Å². The van der Waals surface area contributed by atoms with E-state index in [1.165, 1.54) is 30.6 Å². The van der Waals surface area contributed by atoms with Gasteiger partial charge < -0.3 is 10.1 Å². The number of thioether (sulfide) groups is 1. The fourth-order valence-corrected chi connectivity index (χ4v) is 4.66. The van der Waals surface area contributed by atoms with Crippen LogP contribution in [0.25, 0.3) is 0 Å². The Morgan fingerprint density at radius 2 is 2.35 bits per heavy atom. The zero-order valence-corrected chi connectivity index (χ0v) is 14.7. The van der Waals surface area contributed by atoms with Gasteiger partial charge in [-0.25, -0.2) is 0 Å². The second-order valence-corrected chi connectivity index (χ2v) is 7.49. The number of hydrogen-bond donors (Lipinski definition) is 1. The quantitative estimate of drug-likeness (QED) is 0.787. The number of benzene rings is 1. The minimum Gasteiger partial charge on any atom is -0.496 e. The number of ether oxygens (including phenoxy) is 1. The zero-order chi connectivity index (χ0) is 14.4. The topological polar surface area (TPSA) is 21.3 Å². The molecular weight excluding hydrogens is 334 g/mol. The fraction of sp³-hybridized carbons (Fsp3) is 0.625. The van der Waals surface area contributed by atoms with Gasteiger partial charge in [0, 0.05) is 11.3 Å². The van der Waals surface area contributed by atoms with Gasteiger partial charge in [-0.1, -0.05) is 13.0 Å². The fourth-order valence-electron chi connectivity index (χ4n) is 2.68. The molecule has 0 amide bonds. The summed E-state index contributed by atoms with van der Waals surface area (Å²) in [5.41, 5.74) is 1.37. The van der Waals surface area contributed by atoms with Crippen molar-refractivity contribution >= 4 is 27.7 Å². The van der Waals surface area contributed by atoms with E-state index in [1.54, 1.807) is 7.11 Å². The van der Waals surface area contributed by atoms with E-state index in [4.69, 9.17) is 4.74 Å². The van der Waals surface area contributed by atoms with Crippen molar-refractivity contribution in [1.29, 1.82) is 0 Å². The molecule has 2 rings (SSSR count). The van der Waals surface area contributed by atoms with Crippen molar-refractivity contribution in [2.75, 3.05) is 19.4 Å². The van der Waals surface area contributed by atoms with E-state index in [1.807, 2.05) is 0 Å². The van der Waals surface area contributed by atoms with Gasteiger partial charge >= 0.3 is 0 Å². The first-order valence-electron chi connectivity index (χ1n) is 7.42. The van der Waals surface area contributed by atoms with Crippen LogP contribution < -0.4 is 10.1 Å². The van der Waals surface area contributed by atoms with Gasteiger partial charge in [0.1, 0.15) is 5.75 Å². The van der Waals surface area contributed by atoms with Crippen molar-refractivity contribution in [3.8, 4) is 5.75 Å². The summed E-state index contributed by atoms with van der Waals surface area (Å²) >= 11 is 5.72. The van der Waals surface area contributed by atoms with E-state index in [0.717, 1.165) is 28.4 Å². The SMILES string of the molecule is CCCNC(Cc1ccc(OC)c(Br)c1)C1CCCS1. The summed E-state index contributed by atoms with van der Waals surface area (Å²) in [6.45, 7) is 3.34. The molecule has 1 N–H and O–H groups in total. The van der Waals surface area contributed by atoms with Crippen LogP contribution in [-0.2, 0) is 6.42 Å². The number of methoxy groups -OCH3 is 1. The van der Waals surface area contributed by atoms with Gasteiger partial charge in [0.15, 0.2) is 0 Å². The molecule has 112 valence electrons. The minimum atomic E-state index is 0.586. The highest BCUT2D eigenvalue weighted by molar-refractivity contribution is 9.10. The maximum Gasteiger partial charge on any atom is 0.133 e. The average molecular weight is 358 g/mol. The highest BCUT2D eigenvalue weighted by atomic mass is 79.9. The molecule has 20 heavy (non-hydrogen) atoms. The van der Waals surface area contributed by atoms with Gasteiger partial charge in [0.05, 0.1) is 11.6 Å². The molecule has 1 fully saturated rings. The Labute approximate surface area is 135 Å². The van der Waals surface area contributed by atoms with Gasteiger partial charge in [-0.05, 0) is 71.6 Å². The maximum absolute atomic E-state index is 5.30. The molecule has 0 aromatic heterocycles. The Kier molecular flexibility index (Phi) is 6.72. The summed E-state index contributed by atoms with van der Waals surface area (Å²) in [5.74, 6) is 2.23. The second kappa shape index (κ2) is 8.30. The van der Waals surface area contributed by atoms with Crippen LogP contribution in [0, 0.1) is 0 Å². The van der Waals surface area contributed by atoms with Gasteiger partial charge in [0.25, 0.3) is 0 Å². The first-order valence-corrected chi connectivity index (χ1v) is 9.26. The van der Waals surface area contributed by atoms with Crippen LogP contribution in [0.2, 0.25) is 0 Å². The lowest BCUT2D eigenvalue weighted by Crippen LogP contribution is -2.39. The summed E-state index contributed by atoms with van der Waals surface area (Å²) in [5, 5.41) is 4.51. The molecule has 2 nitrogen and oxygen atoms in total. The molecule has 2 unspecified atom stereocenters. The number of rotatable bonds is 7. The molecule has 2 atom stereocenters. The Bertz CT molecular complexity index is 421. The summed E-state index contributed by atoms with van der Waals surface area (Å²) in [4.78, 5) is 0. The first-order chi connectivity index (χ1) is 9.74. The molecule has 1 heterocycles. The number of nitrogens with one attached hydrogen (secondary N) is 1. The molecular formula is C16H24BrNOS. The lowest BCUT2D eigenvalue weighted by Gasteiger charge is -2.24. The Balaban J connectivity index is 2.04. The molecule has 1 saturated heterocycles. The summed E-state index contributed by atoms with van der Waals surface area (Å²) < 4.78 is 6.35. The van der Waals surface area contributed by atoms with Gasteiger partial charge in [-0.2, -0.15) is 11.8 Å². The van der Waals surface area contributed by atoms with Crippen LogP contribution >= 0.6 is 27.7 Å². The van der Waals surface area contributed by atoms with Crippen LogP contribution in [0.3, 0.4) is 0 Å². The monoisotopic (exact) mass is 357 g/mol. The number of hydrogen-bond acceptors (Lipinski definition) is 3. The van der Waals surface area contributed by atoms with Crippen LogP contribution in [-0.4, -0.2) is 30.7 Å². The lowest BCUT2D eigenvalue weighted by atomic mass is 10.0. The average Bonchev–Trinajstić information content (AvgIpc) is 2.97. The van der Waals surface area contributed by atoms with Crippen molar-refractivity contribution < 1.29 is 4.74 Å². The van der Waals surface area contributed by atoms with Crippen LogP contribution in [0.15, 0.2) is 22.7 Å². The molecule has 1 aliphatic heterocycles. The predicted molar refractivity (Wildman–Crippen MR) is 92.0 cm³/mol. The molecule has 0 aliphatic carbocycles. The van der Waals surface area contributed by atoms with Crippen molar-refractivity contribution in [2.45, 2.75) is 43.9 Å². The summed E-state index contributed by atoms with van der Waals surface area (Å²) in [6.07, 6.45) is 5.01. The van der Waals surface area contributed by atoms with E-state index >= 15 is 0 Å². The van der Waals surface area contributed by atoms with Gasteiger partial charge in [0.2, 0.25) is 0 Å². The Hall–Kier alpha value is -0.190. The molecule has 0 bridgehead atoms. The van der Waals surface area contributed by atoms with Crippen LogP contribution in [0.4, 0.5) is 0 Å². The van der Waals surface area contributed by atoms with E-state index < -0.39 is 0 Å². The van der Waals surface area contributed by atoms with Gasteiger partial charge in [-0.3, -0.25) is 0 Å². The van der Waals surface area contributed by atoms with Gasteiger partial charge in [-0.15, -0.1) is 0 Å². The zero-order valence-electron chi connectivity index (χ0n) is 12.3. The summed E-state index contributed by atoms with van der Waals surface area (Å²) in [7, 11) is 1.71. The third kappa shape index (κ3) is 4.40. The Morgan fingerprint density at radius 3 is 2.95 bits per heavy atom. The second-order valence-electron chi connectivity index (χ2n) is 5.29. The molecule has 1 aromatic carbocycles. The minimum absolute atomic E-state index is 0.586. The van der Waals surface area contributed by atoms with E-state index in [2.05, 4.69) is 58.1 Å². The van der Waals surface area contributed by atoms with Crippen molar-refractivity contribution in [1.82, 2.24) is 5.32 Å². The third-order valence-corrected chi connectivity index (χ3v) is 5.88. The van der Waals surface area contributed by atoms with Crippen LogP contribution in [0.5, 0.6) is 5.75 Å². The molecule has 4 heteroatoms. The van der Waals surface area contributed by atoms with E-state index in [0.29, 0.717) is 6.04 Å². The normalized spacial score (nSPS) is 20.1. The highest BCUT2D eigenvalue weighted by Crippen LogP contribution is 2.31. The molecule has 1 aromatic rings. The molecule has 0 saturated carbocycles. The first kappa shape index (κ1) is 16.2. The van der Waals surface area contributed by atoms with Crippen molar-refractivity contribution in [2.24, 2.45) is 0 Å². The lowest BCUT2D eigenvalue weighted by molar-refractivity contribution is 0.411. The highest BCUT2D eigenvalue weighted by Gasteiger charge is 2.25. The van der Waals surface area contributed by atoms with Crippen molar-refractivity contribution in [3.05, 3.63) is 28.2 Å². The summed E-state index contributed by atoms with van der Waals surface area (Å²) in [6, 6.07) is 7.02. The van der Waals surface area contributed by atoms with E-state index in [9.17, 15) is 0 Å². The standard InChI is InChI=1S/C16H24BrNOS/c1-3-8-18-14(16-5-4-9-20-16)11-12-6-7-15(19-2)13(17)10-12/h6-7,10,14,16,18H,3-5,8-9,11H2,1-2H3. The largest absolute Gasteiger partial charge is 0.496 e. The Morgan fingerprint density at radius 1 is 1.50 bits per heavy atom.